The van der Waals surface area contributed by atoms with Crippen LogP contribution in [0.3, 0.4) is 0 Å². The van der Waals surface area contributed by atoms with Crippen molar-refractivity contribution in [3.8, 4) is 0 Å². The molecule has 14 heavy (non-hydrogen) atoms. The van der Waals surface area contributed by atoms with Gasteiger partial charge in [0.25, 0.3) is 0 Å². The van der Waals surface area contributed by atoms with Crippen LogP contribution in [-0.4, -0.2) is 9.46 Å². The molecule has 0 saturated heterocycles. The fourth-order valence-electron chi connectivity index (χ4n) is 1.42. The third-order valence-electron chi connectivity index (χ3n) is 2.31. The molecular weight excluding hydrogens is 192 g/mol. The quantitative estimate of drug-likeness (QED) is 0.745. The van der Waals surface area contributed by atoms with Gasteiger partial charge in [0, 0.05) is 10.1 Å². The highest BCUT2D eigenvalue weighted by molar-refractivity contribution is 7.85. The topological polar surface area (TPSA) is 17.1 Å². The van der Waals surface area contributed by atoms with Crippen molar-refractivity contribution in [3.05, 3.63) is 29.8 Å². The molecule has 0 amide bonds. The van der Waals surface area contributed by atoms with Crippen LogP contribution in [0.4, 0.5) is 0 Å². The normalized spacial score (nSPS) is 15.1. The van der Waals surface area contributed by atoms with Crippen molar-refractivity contribution >= 4 is 10.8 Å². The van der Waals surface area contributed by atoms with E-state index in [1.54, 1.807) is 0 Å². The van der Waals surface area contributed by atoms with Gasteiger partial charge in [-0.3, -0.25) is 4.21 Å². The Hall–Kier alpha value is -0.630. The fourth-order valence-corrected chi connectivity index (χ4v) is 2.74. The summed E-state index contributed by atoms with van der Waals surface area (Å²) < 4.78 is 12.0. The van der Waals surface area contributed by atoms with Crippen molar-refractivity contribution in [3.63, 3.8) is 0 Å². The predicted molar refractivity (Wildman–Crippen MR) is 62.0 cm³/mol. The van der Waals surface area contributed by atoms with E-state index in [2.05, 4.69) is 13.8 Å². The average molecular weight is 210 g/mol. The van der Waals surface area contributed by atoms with E-state index < -0.39 is 10.8 Å². The highest BCUT2D eigenvalue weighted by atomic mass is 32.2. The van der Waals surface area contributed by atoms with Crippen LogP contribution in [0.2, 0.25) is 0 Å². The lowest BCUT2D eigenvalue weighted by molar-refractivity contribution is 0.662. The molecule has 0 bridgehead atoms. The highest BCUT2D eigenvalue weighted by Gasteiger charge is 2.11. The molecule has 0 aliphatic heterocycles. The monoisotopic (exact) mass is 210 g/mol. The summed E-state index contributed by atoms with van der Waals surface area (Å²) in [5.41, 5.74) is 1.22. The van der Waals surface area contributed by atoms with Gasteiger partial charge in [0.05, 0.1) is 10.8 Å². The zero-order valence-electron chi connectivity index (χ0n) is 9.12. The first-order valence-corrected chi connectivity index (χ1v) is 6.33. The Morgan fingerprint density at radius 3 is 2.36 bits per heavy atom. The van der Waals surface area contributed by atoms with Gasteiger partial charge >= 0.3 is 0 Å². The molecule has 0 fully saturated rings. The van der Waals surface area contributed by atoms with Crippen LogP contribution in [0.15, 0.2) is 29.2 Å². The number of benzene rings is 1. The molecule has 0 heterocycles. The maximum Gasteiger partial charge on any atom is 0.0557 e. The largest absolute Gasteiger partial charge is 0.254 e. The minimum absolute atomic E-state index is 0.266. The van der Waals surface area contributed by atoms with Gasteiger partial charge in [-0.15, -0.1) is 0 Å². The van der Waals surface area contributed by atoms with Gasteiger partial charge in [-0.05, 0) is 25.5 Å². The molecule has 0 radical (unpaired) electrons. The molecule has 1 aromatic rings. The summed E-state index contributed by atoms with van der Waals surface area (Å²) in [5, 5.41) is 0.266. The zero-order valence-corrected chi connectivity index (χ0v) is 9.93. The lowest BCUT2D eigenvalue weighted by atomic mass is 10.2. The Balaban J connectivity index is 2.74. The molecule has 0 spiro atoms. The van der Waals surface area contributed by atoms with Gasteiger partial charge in [0.15, 0.2) is 0 Å². The maximum atomic E-state index is 12.0. The third-order valence-corrected chi connectivity index (χ3v) is 4.02. The van der Waals surface area contributed by atoms with Crippen LogP contribution in [0.25, 0.3) is 0 Å². The van der Waals surface area contributed by atoms with E-state index in [4.69, 9.17) is 0 Å². The second-order valence-corrected chi connectivity index (χ2v) is 5.58. The summed E-state index contributed by atoms with van der Waals surface area (Å²) in [6, 6.07) is 7.98. The van der Waals surface area contributed by atoms with E-state index in [1.165, 1.54) is 5.56 Å². The van der Waals surface area contributed by atoms with Crippen LogP contribution in [-0.2, 0) is 10.8 Å². The molecule has 1 rings (SSSR count). The molecule has 1 nitrogen and oxygen atoms in total. The highest BCUT2D eigenvalue weighted by Crippen LogP contribution is 2.15. The van der Waals surface area contributed by atoms with Crippen LogP contribution in [0.1, 0.15) is 32.3 Å². The summed E-state index contributed by atoms with van der Waals surface area (Å²) >= 11 is 0. The van der Waals surface area contributed by atoms with Crippen LogP contribution >= 0.6 is 0 Å². The Bertz CT molecular complexity index is 303. The predicted octanol–water partition coefficient (Wildman–Crippen LogP) is 3.29. The van der Waals surface area contributed by atoms with Gasteiger partial charge in [0.2, 0.25) is 0 Å². The molecule has 0 aliphatic rings. The molecule has 0 N–H and O–H groups in total. The Kier molecular flexibility index (Phi) is 4.33. The van der Waals surface area contributed by atoms with Gasteiger partial charge in [0.1, 0.15) is 0 Å². The van der Waals surface area contributed by atoms with E-state index in [-0.39, 0.29) is 5.25 Å². The molecule has 2 heteroatoms. The van der Waals surface area contributed by atoms with Crippen molar-refractivity contribution in [2.75, 3.05) is 0 Å². The third kappa shape index (κ3) is 2.95. The van der Waals surface area contributed by atoms with Crippen LogP contribution < -0.4 is 0 Å². The number of hydrogen-bond acceptors (Lipinski definition) is 1. The lowest BCUT2D eigenvalue weighted by Gasteiger charge is -2.09. The van der Waals surface area contributed by atoms with E-state index in [0.29, 0.717) is 0 Å². The summed E-state index contributed by atoms with van der Waals surface area (Å²) in [5.74, 6) is 0. The smallest absolute Gasteiger partial charge is 0.0557 e. The second kappa shape index (κ2) is 5.30. The zero-order chi connectivity index (χ0) is 10.6. The van der Waals surface area contributed by atoms with Crippen molar-refractivity contribution in [1.82, 2.24) is 0 Å². The lowest BCUT2D eigenvalue weighted by Crippen LogP contribution is -2.10. The van der Waals surface area contributed by atoms with Gasteiger partial charge in [-0.25, -0.2) is 0 Å². The Labute approximate surface area is 89.0 Å². The van der Waals surface area contributed by atoms with Gasteiger partial charge in [-0.1, -0.05) is 38.0 Å². The summed E-state index contributed by atoms with van der Waals surface area (Å²) in [6.45, 7) is 6.23. The minimum atomic E-state index is -0.836. The van der Waals surface area contributed by atoms with Gasteiger partial charge in [-0.2, -0.15) is 0 Å². The van der Waals surface area contributed by atoms with E-state index in [9.17, 15) is 4.21 Å². The first-order valence-electron chi connectivity index (χ1n) is 5.12. The molecule has 1 aromatic carbocycles. The van der Waals surface area contributed by atoms with Crippen LogP contribution in [0.5, 0.6) is 0 Å². The first-order chi connectivity index (χ1) is 6.65. The SMILES string of the molecule is CCCC(C)S(=O)c1ccc(C)cc1. The van der Waals surface area contributed by atoms with Crippen molar-refractivity contribution in [2.45, 2.75) is 43.8 Å². The summed E-state index contributed by atoms with van der Waals surface area (Å²) in [4.78, 5) is 0.955. The maximum absolute atomic E-state index is 12.0. The fraction of sp³-hybridized carbons (Fsp3) is 0.500. The molecule has 78 valence electrons. The van der Waals surface area contributed by atoms with Crippen LogP contribution in [0, 0.1) is 6.92 Å². The Morgan fingerprint density at radius 1 is 1.29 bits per heavy atom. The number of aryl methyl sites for hydroxylation is 1. The average Bonchev–Trinajstić information content (AvgIpc) is 2.18. The minimum Gasteiger partial charge on any atom is -0.254 e. The Morgan fingerprint density at radius 2 is 1.86 bits per heavy atom. The standard InChI is InChI=1S/C12H18OS/c1-4-5-11(3)14(13)12-8-6-10(2)7-9-12/h6-9,11H,4-5H2,1-3H3. The first kappa shape index (κ1) is 11.4. The number of hydrogen-bond donors (Lipinski definition) is 0. The van der Waals surface area contributed by atoms with E-state index in [1.807, 2.05) is 31.2 Å². The van der Waals surface area contributed by atoms with Crippen molar-refractivity contribution in [1.29, 1.82) is 0 Å². The van der Waals surface area contributed by atoms with E-state index >= 15 is 0 Å². The van der Waals surface area contributed by atoms with E-state index in [0.717, 1.165) is 17.7 Å². The molecule has 0 aromatic heterocycles. The number of rotatable bonds is 4. The van der Waals surface area contributed by atoms with Gasteiger partial charge < -0.3 is 0 Å². The second-order valence-electron chi connectivity index (χ2n) is 3.71. The molecule has 2 unspecified atom stereocenters. The van der Waals surface area contributed by atoms with Crippen molar-refractivity contribution in [2.24, 2.45) is 0 Å². The molecule has 0 aliphatic carbocycles. The molecular formula is C12H18OS. The van der Waals surface area contributed by atoms with Crippen molar-refractivity contribution < 1.29 is 4.21 Å². The molecule has 2 atom stereocenters. The molecule has 0 saturated carbocycles. The summed E-state index contributed by atoms with van der Waals surface area (Å²) in [7, 11) is -0.836. The summed E-state index contributed by atoms with van der Waals surface area (Å²) in [6.07, 6.45) is 2.12.